The highest BCUT2D eigenvalue weighted by Gasteiger charge is 2.30. The van der Waals surface area contributed by atoms with Gasteiger partial charge in [0, 0.05) is 18.2 Å². The Kier molecular flexibility index (Phi) is 3.10. The van der Waals surface area contributed by atoms with Crippen molar-refractivity contribution >= 4 is 5.69 Å². The Bertz CT molecular complexity index is 432. The molecule has 0 radical (unpaired) electrons. The number of nitro groups is 1. The van der Waals surface area contributed by atoms with Gasteiger partial charge in [-0.15, -0.1) is 0 Å². The fourth-order valence-corrected chi connectivity index (χ4v) is 1.62. The van der Waals surface area contributed by atoms with Crippen molar-refractivity contribution in [1.82, 2.24) is 4.98 Å². The van der Waals surface area contributed by atoms with E-state index >= 15 is 0 Å². The molecule has 1 aliphatic carbocycles. The zero-order valence-corrected chi connectivity index (χ0v) is 9.33. The van der Waals surface area contributed by atoms with E-state index in [-0.39, 0.29) is 29.6 Å². The summed E-state index contributed by atoms with van der Waals surface area (Å²) in [6, 6.07) is 2.86. The van der Waals surface area contributed by atoms with E-state index in [4.69, 9.17) is 15.2 Å². The minimum absolute atomic E-state index is 0.00810. The van der Waals surface area contributed by atoms with Gasteiger partial charge in [-0.3, -0.25) is 10.1 Å². The zero-order chi connectivity index (χ0) is 12.4. The number of nitrogens with zero attached hydrogens (tertiary/aromatic N) is 2. The Balaban J connectivity index is 2.19. The first-order chi connectivity index (χ1) is 8.10. The molecule has 1 saturated carbocycles. The smallest absolute Gasteiger partial charge is 0.331 e. The van der Waals surface area contributed by atoms with Crippen LogP contribution in [-0.4, -0.2) is 29.2 Å². The molecule has 0 amide bonds. The van der Waals surface area contributed by atoms with Crippen LogP contribution in [0.3, 0.4) is 0 Å². The van der Waals surface area contributed by atoms with Crippen LogP contribution in [0.15, 0.2) is 12.1 Å². The molecule has 7 heteroatoms. The summed E-state index contributed by atoms with van der Waals surface area (Å²) in [4.78, 5) is 14.2. The van der Waals surface area contributed by atoms with Crippen LogP contribution in [0.5, 0.6) is 11.8 Å². The lowest BCUT2D eigenvalue weighted by molar-refractivity contribution is -0.386. The number of pyridine rings is 1. The Morgan fingerprint density at radius 3 is 2.76 bits per heavy atom. The van der Waals surface area contributed by atoms with Crippen LogP contribution >= 0.6 is 0 Å². The van der Waals surface area contributed by atoms with Crippen molar-refractivity contribution in [2.75, 3.05) is 7.11 Å². The maximum absolute atomic E-state index is 10.8. The van der Waals surface area contributed by atoms with E-state index in [1.165, 1.54) is 19.2 Å². The highest BCUT2D eigenvalue weighted by Crippen LogP contribution is 2.31. The van der Waals surface area contributed by atoms with Gasteiger partial charge in [-0.1, -0.05) is 0 Å². The number of ether oxygens (including phenoxy) is 2. The van der Waals surface area contributed by atoms with Gasteiger partial charge in [0.25, 0.3) is 5.88 Å². The lowest BCUT2D eigenvalue weighted by Gasteiger charge is -2.31. The van der Waals surface area contributed by atoms with Crippen LogP contribution in [0.2, 0.25) is 0 Å². The topological polar surface area (TPSA) is 101 Å². The SMILES string of the molecule is COc1ccc([N+](=O)[O-])c(OC2CC(N)C2)n1. The Labute approximate surface area is 97.7 Å². The van der Waals surface area contributed by atoms with E-state index < -0.39 is 4.92 Å². The predicted octanol–water partition coefficient (Wildman–Crippen LogP) is 0.867. The largest absolute Gasteiger partial charge is 0.481 e. The first kappa shape index (κ1) is 11.6. The summed E-state index contributed by atoms with van der Waals surface area (Å²) in [5.74, 6) is 0.278. The third-order valence-electron chi connectivity index (χ3n) is 2.63. The van der Waals surface area contributed by atoms with Crippen molar-refractivity contribution in [3.05, 3.63) is 22.2 Å². The van der Waals surface area contributed by atoms with Crippen molar-refractivity contribution < 1.29 is 14.4 Å². The highest BCUT2D eigenvalue weighted by atomic mass is 16.6. The van der Waals surface area contributed by atoms with Crippen LogP contribution in [0.25, 0.3) is 0 Å². The number of rotatable bonds is 4. The van der Waals surface area contributed by atoms with Crippen molar-refractivity contribution in [3.8, 4) is 11.8 Å². The minimum atomic E-state index is -0.527. The quantitative estimate of drug-likeness (QED) is 0.618. The van der Waals surface area contributed by atoms with E-state index in [9.17, 15) is 10.1 Å². The zero-order valence-electron chi connectivity index (χ0n) is 9.33. The molecule has 0 unspecified atom stereocenters. The van der Waals surface area contributed by atoms with Gasteiger partial charge in [0.1, 0.15) is 6.10 Å². The lowest BCUT2D eigenvalue weighted by atomic mass is 9.90. The second-order valence-corrected chi connectivity index (χ2v) is 3.91. The minimum Gasteiger partial charge on any atom is -0.481 e. The predicted molar refractivity (Wildman–Crippen MR) is 59.1 cm³/mol. The van der Waals surface area contributed by atoms with E-state index in [1.807, 2.05) is 0 Å². The molecule has 92 valence electrons. The summed E-state index contributed by atoms with van der Waals surface area (Å²) in [5, 5.41) is 10.8. The highest BCUT2D eigenvalue weighted by molar-refractivity contribution is 5.43. The van der Waals surface area contributed by atoms with E-state index in [0.29, 0.717) is 12.8 Å². The Morgan fingerprint density at radius 1 is 1.53 bits per heavy atom. The first-order valence-corrected chi connectivity index (χ1v) is 5.22. The summed E-state index contributed by atoms with van der Waals surface area (Å²) < 4.78 is 10.3. The number of aromatic nitrogens is 1. The summed E-state index contributed by atoms with van der Waals surface area (Å²) >= 11 is 0. The first-order valence-electron chi connectivity index (χ1n) is 5.22. The molecule has 0 atom stereocenters. The van der Waals surface area contributed by atoms with Gasteiger partial charge in [-0.2, -0.15) is 4.98 Å². The van der Waals surface area contributed by atoms with Gasteiger partial charge in [0.15, 0.2) is 0 Å². The van der Waals surface area contributed by atoms with E-state index in [2.05, 4.69) is 4.98 Å². The Morgan fingerprint density at radius 2 is 2.24 bits per heavy atom. The second-order valence-electron chi connectivity index (χ2n) is 3.91. The molecule has 0 bridgehead atoms. The van der Waals surface area contributed by atoms with Crippen LogP contribution in [-0.2, 0) is 0 Å². The molecule has 7 nitrogen and oxygen atoms in total. The normalized spacial score (nSPS) is 22.7. The van der Waals surface area contributed by atoms with Gasteiger partial charge in [-0.25, -0.2) is 0 Å². The molecule has 1 aromatic rings. The number of hydrogen-bond acceptors (Lipinski definition) is 6. The molecule has 0 spiro atoms. The molecule has 1 fully saturated rings. The second kappa shape index (κ2) is 4.54. The summed E-state index contributed by atoms with van der Waals surface area (Å²) in [6.45, 7) is 0. The van der Waals surface area contributed by atoms with Gasteiger partial charge in [0.2, 0.25) is 5.88 Å². The Hall–Kier alpha value is -1.89. The maximum Gasteiger partial charge on any atom is 0.331 e. The van der Waals surface area contributed by atoms with Crippen LogP contribution in [0.1, 0.15) is 12.8 Å². The fraction of sp³-hybridized carbons (Fsp3) is 0.500. The van der Waals surface area contributed by atoms with Crippen molar-refractivity contribution in [2.24, 2.45) is 5.73 Å². The van der Waals surface area contributed by atoms with Crippen molar-refractivity contribution in [2.45, 2.75) is 25.0 Å². The number of hydrogen-bond donors (Lipinski definition) is 1. The number of nitrogens with two attached hydrogens (primary N) is 1. The van der Waals surface area contributed by atoms with Crippen LogP contribution in [0.4, 0.5) is 5.69 Å². The number of methoxy groups -OCH3 is 1. The average molecular weight is 239 g/mol. The van der Waals surface area contributed by atoms with Crippen molar-refractivity contribution in [3.63, 3.8) is 0 Å². The third-order valence-corrected chi connectivity index (χ3v) is 2.63. The van der Waals surface area contributed by atoms with Crippen LogP contribution < -0.4 is 15.2 Å². The maximum atomic E-state index is 10.8. The van der Waals surface area contributed by atoms with E-state index in [1.54, 1.807) is 0 Å². The summed E-state index contributed by atoms with van der Waals surface area (Å²) in [7, 11) is 1.44. The molecule has 0 aliphatic heterocycles. The molecule has 1 heterocycles. The molecule has 0 saturated heterocycles. The van der Waals surface area contributed by atoms with E-state index in [0.717, 1.165) is 0 Å². The molecule has 0 aromatic carbocycles. The molecular weight excluding hydrogens is 226 g/mol. The molecule has 1 aliphatic rings. The monoisotopic (exact) mass is 239 g/mol. The summed E-state index contributed by atoms with van der Waals surface area (Å²) in [5.41, 5.74) is 5.46. The van der Waals surface area contributed by atoms with Gasteiger partial charge in [0.05, 0.1) is 12.0 Å². The van der Waals surface area contributed by atoms with Crippen LogP contribution in [0, 0.1) is 10.1 Å². The average Bonchev–Trinajstić information content (AvgIpc) is 2.26. The van der Waals surface area contributed by atoms with Gasteiger partial charge in [-0.05, 0) is 12.8 Å². The third kappa shape index (κ3) is 2.44. The van der Waals surface area contributed by atoms with Gasteiger partial charge >= 0.3 is 5.69 Å². The standard InChI is InChI=1S/C10H13N3O4/c1-16-9-3-2-8(13(14)15)10(12-9)17-7-4-6(11)5-7/h2-3,6-7H,4-5,11H2,1H3. The lowest BCUT2D eigenvalue weighted by Crippen LogP contribution is -2.43. The van der Waals surface area contributed by atoms with Crippen molar-refractivity contribution in [1.29, 1.82) is 0 Å². The molecule has 1 aromatic heterocycles. The molecule has 17 heavy (non-hydrogen) atoms. The molecule has 2 rings (SSSR count). The molecule has 2 N–H and O–H groups in total. The van der Waals surface area contributed by atoms with Gasteiger partial charge < -0.3 is 15.2 Å². The molecular formula is C10H13N3O4. The summed E-state index contributed by atoms with van der Waals surface area (Å²) in [6.07, 6.45) is 1.29. The fourth-order valence-electron chi connectivity index (χ4n) is 1.62.